The summed E-state index contributed by atoms with van der Waals surface area (Å²) < 4.78 is 0. The van der Waals surface area contributed by atoms with Crippen molar-refractivity contribution in [2.45, 2.75) is 18.4 Å². The number of rotatable bonds is 1. The Morgan fingerprint density at radius 1 is 1.09 bits per heavy atom. The average molecular weight is 143 g/mol. The standard InChI is InChI=1S/C10H9N/c1-2-4-8(5-3-1)9-10(11-9)6-7-10/h1-5H,6-7H2. The van der Waals surface area contributed by atoms with Crippen LogP contribution < -0.4 is 0 Å². The van der Waals surface area contributed by atoms with Crippen LogP contribution in [0.2, 0.25) is 0 Å². The predicted octanol–water partition coefficient (Wildman–Crippen LogP) is 2.02. The zero-order valence-corrected chi connectivity index (χ0v) is 6.25. The lowest BCUT2D eigenvalue weighted by atomic mass is 10.1. The molecule has 1 aliphatic carbocycles. The van der Waals surface area contributed by atoms with E-state index < -0.39 is 0 Å². The third-order valence-electron chi connectivity index (χ3n) is 2.49. The molecular weight excluding hydrogens is 134 g/mol. The molecule has 2 aliphatic rings. The van der Waals surface area contributed by atoms with Crippen molar-refractivity contribution in [1.29, 1.82) is 0 Å². The fourth-order valence-electron chi connectivity index (χ4n) is 1.58. The molecule has 1 heteroatoms. The topological polar surface area (TPSA) is 12.4 Å². The Labute approximate surface area is 65.8 Å². The van der Waals surface area contributed by atoms with Crippen LogP contribution in [0.15, 0.2) is 35.3 Å². The molecule has 0 N–H and O–H groups in total. The van der Waals surface area contributed by atoms with Crippen LogP contribution in [-0.4, -0.2) is 11.3 Å². The van der Waals surface area contributed by atoms with Crippen molar-refractivity contribution >= 4 is 5.71 Å². The summed E-state index contributed by atoms with van der Waals surface area (Å²) in [6.45, 7) is 0. The minimum atomic E-state index is 0.362. The molecule has 1 aromatic carbocycles. The van der Waals surface area contributed by atoms with Gasteiger partial charge in [-0.25, -0.2) is 0 Å². The number of hydrogen-bond acceptors (Lipinski definition) is 1. The van der Waals surface area contributed by atoms with E-state index in [0.717, 1.165) is 0 Å². The molecule has 1 saturated carbocycles. The predicted molar refractivity (Wildman–Crippen MR) is 44.9 cm³/mol. The van der Waals surface area contributed by atoms with Crippen LogP contribution in [0, 0.1) is 0 Å². The van der Waals surface area contributed by atoms with E-state index in [9.17, 15) is 0 Å². The highest BCUT2D eigenvalue weighted by atomic mass is 15.1. The number of nitrogens with zero attached hydrogens (tertiary/aromatic N) is 1. The van der Waals surface area contributed by atoms with Crippen molar-refractivity contribution in [3.05, 3.63) is 35.9 Å². The Morgan fingerprint density at radius 3 is 2.36 bits per heavy atom. The third-order valence-corrected chi connectivity index (χ3v) is 2.49. The van der Waals surface area contributed by atoms with Crippen LogP contribution >= 0.6 is 0 Å². The Hall–Kier alpha value is -1.11. The highest BCUT2D eigenvalue weighted by Gasteiger charge is 2.57. The molecule has 11 heavy (non-hydrogen) atoms. The van der Waals surface area contributed by atoms with Gasteiger partial charge in [-0.3, -0.25) is 4.99 Å². The van der Waals surface area contributed by atoms with E-state index in [1.807, 2.05) is 6.07 Å². The largest absolute Gasteiger partial charge is 0.274 e. The van der Waals surface area contributed by atoms with Crippen molar-refractivity contribution in [1.82, 2.24) is 0 Å². The van der Waals surface area contributed by atoms with Crippen LogP contribution in [0.3, 0.4) is 0 Å². The molecule has 1 aromatic rings. The molecule has 0 saturated heterocycles. The number of aliphatic imine (C=N–C) groups is 1. The molecule has 0 amide bonds. The van der Waals surface area contributed by atoms with Crippen molar-refractivity contribution in [3.8, 4) is 0 Å². The highest BCUT2D eigenvalue weighted by molar-refractivity contribution is 6.19. The normalized spacial score (nSPS) is 23.1. The molecule has 1 spiro atoms. The first kappa shape index (κ1) is 5.53. The van der Waals surface area contributed by atoms with E-state index in [4.69, 9.17) is 0 Å². The second-order valence-corrected chi connectivity index (χ2v) is 3.36. The molecular formula is C10H9N. The maximum absolute atomic E-state index is 4.49. The van der Waals surface area contributed by atoms with Gasteiger partial charge in [0.25, 0.3) is 0 Å². The Balaban J connectivity index is 1.97. The minimum absolute atomic E-state index is 0.362. The summed E-state index contributed by atoms with van der Waals surface area (Å²) in [4.78, 5) is 4.49. The summed E-state index contributed by atoms with van der Waals surface area (Å²) in [5, 5.41) is 0. The van der Waals surface area contributed by atoms with E-state index in [1.165, 1.54) is 24.1 Å². The summed E-state index contributed by atoms with van der Waals surface area (Å²) in [7, 11) is 0. The Kier molecular flexibility index (Phi) is 0.780. The molecule has 1 nitrogen and oxygen atoms in total. The molecule has 0 aromatic heterocycles. The van der Waals surface area contributed by atoms with E-state index in [2.05, 4.69) is 29.3 Å². The Bertz CT molecular complexity index is 320. The fourth-order valence-corrected chi connectivity index (χ4v) is 1.58. The second-order valence-electron chi connectivity index (χ2n) is 3.36. The summed E-state index contributed by atoms with van der Waals surface area (Å²) in [5.41, 5.74) is 3.03. The highest BCUT2D eigenvalue weighted by Crippen LogP contribution is 2.52. The zero-order chi connectivity index (χ0) is 7.31. The summed E-state index contributed by atoms with van der Waals surface area (Å²) in [5.74, 6) is 0. The fraction of sp³-hybridized carbons (Fsp3) is 0.300. The Morgan fingerprint density at radius 2 is 1.82 bits per heavy atom. The van der Waals surface area contributed by atoms with Gasteiger partial charge in [-0.1, -0.05) is 30.3 Å². The lowest BCUT2D eigenvalue weighted by Gasteiger charge is -1.90. The van der Waals surface area contributed by atoms with Crippen LogP contribution in [0.4, 0.5) is 0 Å². The third kappa shape index (κ3) is 0.681. The summed E-state index contributed by atoms with van der Waals surface area (Å²) >= 11 is 0. The smallest absolute Gasteiger partial charge is 0.103 e. The van der Waals surface area contributed by atoms with Crippen molar-refractivity contribution < 1.29 is 0 Å². The summed E-state index contributed by atoms with van der Waals surface area (Å²) in [6.07, 6.45) is 2.58. The SMILES string of the molecule is c1ccc(C2=NC23CC3)cc1. The van der Waals surface area contributed by atoms with Gasteiger partial charge >= 0.3 is 0 Å². The zero-order valence-electron chi connectivity index (χ0n) is 6.25. The van der Waals surface area contributed by atoms with Gasteiger partial charge in [0, 0.05) is 0 Å². The van der Waals surface area contributed by atoms with Gasteiger partial charge < -0.3 is 0 Å². The van der Waals surface area contributed by atoms with Crippen LogP contribution in [0.5, 0.6) is 0 Å². The average Bonchev–Trinajstić information content (AvgIpc) is 2.95. The minimum Gasteiger partial charge on any atom is -0.274 e. The molecule has 0 atom stereocenters. The first-order chi connectivity index (χ1) is 5.41. The quantitative estimate of drug-likeness (QED) is 0.570. The maximum atomic E-state index is 4.49. The number of hydrogen-bond donors (Lipinski definition) is 0. The molecule has 0 bridgehead atoms. The van der Waals surface area contributed by atoms with Crippen molar-refractivity contribution in [2.75, 3.05) is 0 Å². The second kappa shape index (κ2) is 1.55. The number of benzene rings is 1. The van der Waals surface area contributed by atoms with E-state index in [-0.39, 0.29) is 0 Å². The first-order valence-corrected chi connectivity index (χ1v) is 4.07. The summed E-state index contributed by atoms with van der Waals surface area (Å²) in [6, 6.07) is 10.5. The van der Waals surface area contributed by atoms with Gasteiger partial charge in [-0.05, 0) is 18.4 Å². The van der Waals surface area contributed by atoms with Gasteiger partial charge in [-0.2, -0.15) is 0 Å². The maximum Gasteiger partial charge on any atom is 0.103 e. The molecule has 0 radical (unpaired) electrons. The first-order valence-electron chi connectivity index (χ1n) is 4.07. The van der Waals surface area contributed by atoms with Gasteiger partial charge in [0.2, 0.25) is 0 Å². The van der Waals surface area contributed by atoms with E-state index in [0.29, 0.717) is 5.54 Å². The van der Waals surface area contributed by atoms with E-state index >= 15 is 0 Å². The van der Waals surface area contributed by atoms with Crippen LogP contribution in [-0.2, 0) is 0 Å². The van der Waals surface area contributed by atoms with Crippen molar-refractivity contribution in [2.24, 2.45) is 4.99 Å². The van der Waals surface area contributed by atoms with Gasteiger partial charge in [-0.15, -0.1) is 0 Å². The lowest BCUT2D eigenvalue weighted by Crippen LogP contribution is -1.96. The van der Waals surface area contributed by atoms with Crippen LogP contribution in [0.25, 0.3) is 0 Å². The van der Waals surface area contributed by atoms with Gasteiger partial charge in [0.05, 0.1) is 5.71 Å². The van der Waals surface area contributed by atoms with Gasteiger partial charge in [0.15, 0.2) is 0 Å². The van der Waals surface area contributed by atoms with Crippen LogP contribution in [0.1, 0.15) is 18.4 Å². The molecule has 0 unspecified atom stereocenters. The monoisotopic (exact) mass is 143 g/mol. The molecule has 54 valence electrons. The molecule has 1 aliphatic heterocycles. The molecule has 1 heterocycles. The van der Waals surface area contributed by atoms with E-state index in [1.54, 1.807) is 0 Å². The molecule has 1 fully saturated rings. The lowest BCUT2D eigenvalue weighted by molar-refractivity contribution is 1.08. The molecule has 3 rings (SSSR count). The van der Waals surface area contributed by atoms with Gasteiger partial charge in [0.1, 0.15) is 5.54 Å². The van der Waals surface area contributed by atoms with Crippen molar-refractivity contribution in [3.63, 3.8) is 0 Å².